The zero-order valence-corrected chi connectivity index (χ0v) is 8.73. The molecule has 0 aliphatic heterocycles. The highest BCUT2D eigenvalue weighted by molar-refractivity contribution is 6.31. The quantitative estimate of drug-likeness (QED) is 0.823. The first-order valence-corrected chi connectivity index (χ1v) is 4.53. The molecule has 1 aromatic carbocycles. The number of ketones is 1. The maximum Gasteiger partial charge on any atom is 0.151 e. The summed E-state index contributed by atoms with van der Waals surface area (Å²) in [6.45, 7) is 2.91. The molecule has 4 heteroatoms. The lowest BCUT2D eigenvalue weighted by Crippen LogP contribution is -2.20. The molecule has 2 nitrogen and oxygen atoms in total. The van der Waals surface area contributed by atoms with E-state index in [-0.39, 0.29) is 16.4 Å². The van der Waals surface area contributed by atoms with Gasteiger partial charge in [-0.25, -0.2) is 4.39 Å². The van der Waals surface area contributed by atoms with Crippen LogP contribution in [0.25, 0.3) is 0 Å². The summed E-state index contributed by atoms with van der Waals surface area (Å²) in [6.07, 6.45) is 0. The lowest BCUT2D eigenvalue weighted by Gasteiger charge is -2.12. The van der Waals surface area contributed by atoms with Gasteiger partial charge in [0.05, 0.1) is 6.04 Å². The monoisotopic (exact) mass is 215 g/mol. The lowest BCUT2D eigenvalue weighted by molar-refractivity contribution is -0.118. The van der Waals surface area contributed by atoms with Crippen LogP contribution in [-0.2, 0) is 4.79 Å². The van der Waals surface area contributed by atoms with Crippen LogP contribution in [0.1, 0.15) is 24.1 Å². The number of hydrogen-bond acceptors (Lipinski definition) is 2. The van der Waals surface area contributed by atoms with Gasteiger partial charge in [-0.3, -0.25) is 4.79 Å². The van der Waals surface area contributed by atoms with Crippen LogP contribution in [0, 0.1) is 12.7 Å². The van der Waals surface area contributed by atoms with Crippen molar-refractivity contribution in [2.24, 2.45) is 5.73 Å². The Balaban J connectivity index is 3.32. The smallest absolute Gasteiger partial charge is 0.151 e. The first-order valence-electron chi connectivity index (χ1n) is 4.15. The van der Waals surface area contributed by atoms with E-state index >= 15 is 0 Å². The second-order valence-electron chi connectivity index (χ2n) is 3.18. The largest absolute Gasteiger partial charge is 0.318 e. The third kappa shape index (κ3) is 1.94. The molecule has 1 atom stereocenters. The zero-order chi connectivity index (χ0) is 10.9. The van der Waals surface area contributed by atoms with Crippen LogP contribution in [0.2, 0.25) is 5.02 Å². The van der Waals surface area contributed by atoms with E-state index in [1.165, 1.54) is 13.0 Å². The predicted octanol–water partition coefficient (Wildman–Crippen LogP) is 2.38. The van der Waals surface area contributed by atoms with Gasteiger partial charge >= 0.3 is 0 Å². The van der Waals surface area contributed by atoms with Crippen molar-refractivity contribution in [1.82, 2.24) is 0 Å². The first kappa shape index (κ1) is 11.1. The molecule has 1 aromatic rings. The van der Waals surface area contributed by atoms with E-state index in [1.54, 1.807) is 13.0 Å². The SMILES string of the molecule is CC(=O)C(N)c1c(Cl)ccc(C)c1F. The second-order valence-corrected chi connectivity index (χ2v) is 3.59. The van der Waals surface area contributed by atoms with Crippen molar-refractivity contribution < 1.29 is 9.18 Å². The van der Waals surface area contributed by atoms with Crippen molar-refractivity contribution >= 4 is 17.4 Å². The van der Waals surface area contributed by atoms with E-state index < -0.39 is 11.9 Å². The van der Waals surface area contributed by atoms with Gasteiger partial charge in [0.2, 0.25) is 0 Å². The fraction of sp³-hybridized carbons (Fsp3) is 0.300. The average molecular weight is 216 g/mol. The number of rotatable bonds is 2. The molecule has 14 heavy (non-hydrogen) atoms. The summed E-state index contributed by atoms with van der Waals surface area (Å²) in [5.74, 6) is -0.809. The molecule has 0 saturated heterocycles. The molecule has 0 amide bonds. The van der Waals surface area contributed by atoms with Gasteiger partial charge in [-0.2, -0.15) is 0 Å². The summed E-state index contributed by atoms with van der Waals surface area (Å²) in [5, 5.41) is 0.191. The molecular weight excluding hydrogens is 205 g/mol. The van der Waals surface area contributed by atoms with Gasteiger partial charge in [0.1, 0.15) is 5.82 Å². The minimum Gasteiger partial charge on any atom is -0.318 e. The van der Waals surface area contributed by atoms with Crippen LogP contribution in [0.4, 0.5) is 4.39 Å². The molecular formula is C10H11ClFNO. The van der Waals surface area contributed by atoms with Crippen molar-refractivity contribution in [2.75, 3.05) is 0 Å². The Morgan fingerprint density at radius 1 is 1.57 bits per heavy atom. The summed E-state index contributed by atoms with van der Waals surface area (Å²) in [5.41, 5.74) is 6.05. The molecule has 0 fully saturated rings. The van der Waals surface area contributed by atoms with E-state index in [0.29, 0.717) is 5.56 Å². The third-order valence-electron chi connectivity index (χ3n) is 2.07. The van der Waals surface area contributed by atoms with Crippen LogP contribution >= 0.6 is 11.6 Å². The van der Waals surface area contributed by atoms with E-state index in [0.717, 1.165) is 0 Å². The van der Waals surface area contributed by atoms with Crippen LogP contribution in [0.5, 0.6) is 0 Å². The number of carbonyl (C=O) groups is 1. The number of benzene rings is 1. The first-order chi connectivity index (χ1) is 6.45. The molecule has 1 unspecified atom stereocenters. The molecule has 0 aromatic heterocycles. The van der Waals surface area contributed by atoms with Crippen LogP contribution in [0.15, 0.2) is 12.1 Å². The highest BCUT2D eigenvalue weighted by Crippen LogP contribution is 2.27. The van der Waals surface area contributed by atoms with Crippen molar-refractivity contribution in [3.8, 4) is 0 Å². The molecule has 0 spiro atoms. The van der Waals surface area contributed by atoms with Gasteiger partial charge in [0.25, 0.3) is 0 Å². The van der Waals surface area contributed by atoms with Crippen LogP contribution in [0.3, 0.4) is 0 Å². The molecule has 0 heterocycles. The summed E-state index contributed by atoms with van der Waals surface area (Å²) in [7, 11) is 0. The van der Waals surface area contributed by atoms with E-state index in [4.69, 9.17) is 17.3 Å². The van der Waals surface area contributed by atoms with Gasteiger partial charge in [0, 0.05) is 10.6 Å². The molecule has 76 valence electrons. The highest BCUT2D eigenvalue weighted by Gasteiger charge is 2.20. The number of Topliss-reactive ketones (excluding diaryl/α,β-unsaturated/α-hetero) is 1. The second kappa shape index (κ2) is 4.07. The van der Waals surface area contributed by atoms with Gasteiger partial charge in [-0.1, -0.05) is 17.7 Å². The van der Waals surface area contributed by atoms with E-state index in [9.17, 15) is 9.18 Å². The van der Waals surface area contributed by atoms with Gasteiger partial charge in [0.15, 0.2) is 5.78 Å². The summed E-state index contributed by atoms with van der Waals surface area (Å²) in [6, 6.07) is 2.11. The Hall–Kier alpha value is -0.930. The Labute approximate surface area is 86.9 Å². The normalized spacial score (nSPS) is 12.6. The minimum atomic E-state index is -0.984. The van der Waals surface area contributed by atoms with Crippen LogP contribution < -0.4 is 5.73 Å². The number of nitrogens with two attached hydrogens (primary N) is 1. The molecule has 0 bridgehead atoms. The molecule has 1 rings (SSSR count). The van der Waals surface area contributed by atoms with E-state index in [1.807, 2.05) is 0 Å². The average Bonchev–Trinajstić information content (AvgIpc) is 2.12. The van der Waals surface area contributed by atoms with Gasteiger partial charge in [-0.05, 0) is 25.5 Å². The fourth-order valence-electron chi connectivity index (χ4n) is 1.17. The third-order valence-corrected chi connectivity index (χ3v) is 2.40. The fourth-order valence-corrected chi connectivity index (χ4v) is 1.43. The Kier molecular flexibility index (Phi) is 3.24. The molecule has 0 aliphatic rings. The molecule has 0 aliphatic carbocycles. The maximum absolute atomic E-state index is 13.6. The summed E-state index contributed by atoms with van der Waals surface area (Å²) < 4.78 is 13.6. The van der Waals surface area contributed by atoms with Crippen molar-refractivity contribution in [3.05, 3.63) is 34.1 Å². The van der Waals surface area contributed by atoms with Gasteiger partial charge < -0.3 is 5.73 Å². The number of halogens is 2. The number of aryl methyl sites for hydroxylation is 1. The van der Waals surface area contributed by atoms with Crippen molar-refractivity contribution in [3.63, 3.8) is 0 Å². The minimum absolute atomic E-state index is 0.0826. The van der Waals surface area contributed by atoms with Crippen molar-refractivity contribution in [1.29, 1.82) is 0 Å². The van der Waals surface area contributed by atoms with Crippen LogP contribution in [-0.4, -0.2) is 5.78 Å². The van der Waals surface area contributed by atoms with Crippen molar-refractivity contribution in [2.45, 2.75) is 19.9 Å². The topological polar surface area (TPSA) is 43.1 Å². The Bertz CT molecular complexity index is 379. The summed E-state index contributed by atoms with van der Waals surface area (Å²) >= 11 is 5.77. The molecule has 0 radical (unpaired) electrons. The van der Waals surface area contributed by atoms with E-state index in [2.05, 4.69) is 0 Å². The maximum atomic E-state index is 13.6. The Morgan fingerprint density at radius 3 is 2.64 bits per heavy atom. The standard InChI is InChI=1S/C10H11ClFNO/c1-5-3-4-7(11)8(9(5)12)10(13)6(2)14/h3-4,10H,13H2,1-2H3. The van der Waals surface area contributed by atoms with Gasteiger partial charge in [-0.15, -0.1) is 0 Å². The predicted molar refractivity (Wildman–Crippen MR) is 53.8 cm³/mol. The number of hydrogen-bond donors (Lipinski definition) is 1. The highest BCUT2D eigenvalue weighted by atomic mass is 35.5. The number of carbonyl (C=O) groups excluding carboxylic acids is 1. The molecule has 2 N–H and O–H groups in total. The Morgan fingerprint density at radius 2 is 2.14 bits per heavy atom. The summed E-state index contributed by atoms with van der Waals surface area (Å²) in [4.78, 5) is 11.0. The zero-order valence-electron chi connectivity index (χ0n) is 7.97. The lowest BCUT2D eigenvalue weighted by atomic mass is 10.0. The molecule has 0 saturated carbocycles.